The van der Waals surface area contributed by atoms with Gasteiger partial charge in [-0.05, 0) is 31.6 Å². The van der Waals surface area contributed by atoms with E-state index in [-0.39, 0.29) is 12.2 Å². The molecule has 2 fully saturated rings. The van der Waals surface area contributed by atoms with Crippen molar-refractivity contribution in [2.75, 3.05) is 13.2 Å². The van der Waals surface area contributed by atoms with Crippen LogP contribution in [0, 0.1) is 5.92 Å². The largest absolute Gasteiger partial charge is 0.375 e. The Morgan fingerprint density at radius 2 is 2.20 bits per heavy atom. The van der Waals surface area contributed by atoms with Crippen LogP contribution in [0.15, 0.2) is 0 Å². The van der Waals surface area contributed by atoms with E-state index in [1.165, 1.54) is 25.7 Å². The lowest BCUT2D eigenvalue weighted by molar-refractivity contribution is -0.379. The minimum atomic E-state index is 0.194. The predicted octanol–water partition coefficient (Wildman–Crippen LogP) is 2.69. The summed E-state index contributed by atoms with van der Waals surface area (Å²) in [6, 6.07) is 0. The van der Waals surface area contributed by atoms with Crippen LogP contribution in [0.1, 0.15) is 45.4 Å². The van der Waals surface area contributed by atoms with E-state index in [4.69, 9.17) is 14.5 Å². The molecule has 2 aliphatic rings. The number of ether oxygens (including phenoxy) is 1. The average Bonchev–Trinajstić information content (AvgIpc) is 2.28. The molecule has 1 aliphatic carbocycles. The van der Waals surface area contributed by atoms with Crippen molar-refractivity contribution in [1.29, 1.82) is 0 Å². The van der Waals surface area contributed by atoms with Gasteiger partial charge in [-0.3, -0.25) is 0 Å². The third-order valence-electron chi connectivity index (χ3n) is 3.41. The van der Waals surface area contributed by atoms with E-state index < -0.39 is 0 Å². The number of hydrogen-bond acceptors (Lipinski definition) is 3. The lowest BCUT2D eigenvalue weighted by atomic mass is 9.85. The van der Waals surface area contributed by atoms with Gasteiger partial charge < -0.3 is 4.74 Å². The Labute approximate surface area is 92.0 Å². The Morgan fingerprint density at radius 3 is 3.07 bits per heavy atom. The molecule has 3 unspecified atom stereocenters. The maximum Gasteiger partial charge on any atom is 0.119 e. The molecular weight excluding hydrogens is 192 g/mol. The first-order valence-electron chi connectivity index (χ1n) is 6.30. The van der Waals surface area contributed by atoms with Crippen LogP contribution in [-0.4, -0.2) is 25.4 Å². The fraction of sp³-hybridized carbons (Fsp3) is 1.00. The van der Waals surface area contributed by atoms with Crippen LogP contribution >= 0.6 is 0 Å². The van der Waals surface area contributed by atoms with E-state index in [0.29, 0.717) is 5.92 Å². The van der Waals surface area contributed by atoms with Crippen molar-refractivity contribution < 1.29 is 14.5 Å². The summed E-state index contributed by atoms with van der Waals surface area (Å²) in [6.45, 7) is 3.87. The van der Waals surface area contributed by atoms with Gasteiger partial charge in [-0.2, -0.15) is 0 Å². The summed E-state index contributed by atoms with van der Waals surface area (Å²) in [5, 5.41) is 0. The molecule has 2 bridgehead atoms. The number of unbranched alkanes of at least 4 members (excludes halogenated alkanes) is 2. The van der Waals surface area contributed by atoms with Crippen LogP contribution in [0.2, 0.25) is 0 Å². The number of hydrogen-bond donors (Lipinski definition) is 0. The van der Waals surface area contributed by atoms with Gasteiger partial charge in [0.25, 0.3) is 0 Å². The summed E-state index contributed by atoms with van der Waals surface area (Å²) in [4.78, 5) is 10.4. The molecule has 3 nitrogen and oxygen atoms in total. The van der Waals surface area contributed by atoms with Gasteiger partial charge in [-0.15, -0.1) is 0 Å². The van der Waals surface area contributed by atoms with E-state index in [1.54, 1.807) is 0 Å². The minimum absolute atomic E-state index is 0.194. The molecule has 0 aromatic rings. The molecule has 3 atom stereocenters. The first-order valence-corrected chi connectivity index (χ1v) is 6.30. The van der Waals surface area contributed by atoms with Crippen molar-refractivity contribution in [3.8, 4) is 0 Å². The van der Waals surface area contributed by atoms with E-state index in [2.05, 4.69) is 6.92 Å². The van der Waals surface area contributed by atoms with Crippen LogP contribution in [0.5, 0.6) is 0 Å². The average molecular weight is 214 g/mol. The lowest BCUT2D eigenvalue weighted by Gasteiger charge is -2.38. The summed E-state index contributed by atoms with van der Waals surface area (Å²) >= 11 is 0. The Bertz CT molecular complexity index is 184. The molecule has 3 heteroatoms. The summed E-state index contributed by atoms with van der Waals surface area (Å²) in [5.41, 5.74) is 0. The Morgan fingerprint density at radius 1 is 1.27 bits per heavy atom. The Balaban J connectivity index is 1.68. The quantitative estimate of drug-likeness (QED) is 0.520. The van der Waals surface area contributed by atoms with Crippen LogP contribution < -0.4 is 0 Å². The maximum absolute atomic E-state index is 5.87. The van der Waals surface area contributed by atoms with Crippen LogP contribution in [0.25, 0.3) is 0 Å². The third kappa shape index (κ3) is 3.16. The molecule has 2 rings (SSSR count). The van der Waals surface area contributed by atoms with E-state index >= 15 is 0 Å². The molecule has 0 amide bonds. The third-order valence-corrected chi connectivity index (χ3v) is 3.41. The first kappa shape index (κ1) is 11.4. The minimum Gasteiger partial charge on any atom is -0.375 e. The Hall–Kier alpha value is -0.120. The van der Waals surface area contributed by atoms with Gasteiger partial charge >= 0.3 is 0 Å². The van der Waals surface area contributed by atoms with E-state index in [1.807, 2.05) is 0 Å². The van der Waals surface area contributed by atoms with Crippen LogP contribution in [0.4, 0.5) is 0 Å². The van der Waals surface area contributed by atoms with Gasteiger partial charge in [-0.1, -0.05) is 19.8 Å². The second kappa shape index (κ2) is 5.83. The fourth-order valence-electron chi connectivity index (χ4n) is 2.44. The van der Waals surface area contributed by atoms with Crippen molar-refractivity contribution in [3.05, 3.63) is 0 Å². The molecule has 0 N–H and O–H groups in total. The predicted molar refractivity (Wildman–Crippen MR) is 57.4 cm³/mol. The van der Waals surface area contributed by atoms with Crippen molar-refractivity contribution in [2.45, 2.75) is 57.7 Å². The normalized spacial score (nSPS) is 35.4. The summed E-state index contributed by atoms with van der Waals surface area (Å²) < 4.78 is 5.87. The molecule has 0 radical (unpaired) electrons. The molecular formula is C12H22O3. The molecule has 1 heterocycles. The second-order valence-corrected chi connectivity index (χ2v) is 4.71. The summed E-state index contributed by atoms with van der Waals surface area (Å²) in [7, 11) is 0. The zero-order valence-corrected chi connectivity index (χ0v) is 9.61. The van der Waals surface area contributed by atoms with Crippen molar-refractivity contribution in [3.63, 3.8) is 0 Å². The standard InChI is InChI=1S/C12H22O3/c1-2-3-4-7-13-11-6-5-10-8-12(11)15-14-9-10/h10-12H,2-9H2,1H3. The van der Waals surface area contributed by atoms with Gasteiger partial charge in [0.05, 0.1) is 12.7 Å². The molecule has 0 spiro atoms. The molecule has 88 valence electrons. The number of rotatable bonds is 5. The molecule has 1 saturated carbocycles. The zero-order chi connectivity index (χ0) is 10.5. The molecule has 15 heavy (non-hydrogen) atoms. The molecule has 0 aromatic carbocycles. The van der Waals surface area contributed by atoms with Crippen molar-refractivity contribution >= 4 is 0 Å². The van der Waals surface area contributed by atoms with Gasteiger partial charge in [0.1, 0.15) is 6.10 Å². The van der Waals surface area contributed by atoms with Crippen LogP contribution in [0.3, 0.4) is 0 Å². The van der Waals surface area contributed by atoms with Crippen molar-refractivity contribution in [2.24, 2.45) is 5.92 Å². The topological polar surface area (TPSA) is 27.7 Å². The highest BCUT2D eigenvalue weighted by atomic mass is 17.2. The smallest absolute Gasteiger partial charge is 0.119 e. The van der Waals surface area contributed by atoms with Gasteiger partial charge in [0.2, 0.25) is 0 Å². The maximum atomic E-state index is 5.87. The molecule has 1 aliphatic heterocycles. The van der Waals surface area contributed by atoms with Gasteiger partial charge in [0.15, 0.2) is 0 Å². The monoisotopic (exact) mass is 214 g/mol. The fourth-order valence-corrected chi connectivity index (χ4v) is 2.44. The molecule has 1 saturated heterocycles. The highest BCUT2D eigenvalue weighted by Gasteiger charge is 2.36. The SMILES string of the molecule is CCCCCOC1CCC2COOC1C2. The highest BCUT2D eigenvalue weighted by molar-refractivity contribution is 4.82. The second-order valence-electron chi connectivity index (χ2n) is 4.71. The zero-order valence-electron chi connectivity index (χ0n) is 9.61. The van der Waals surface area contributed by atoms with Crippen LogP contribution in [-0.2, 0) is 14.5 Å². The number of fused-ring (bicyclic) bond motifs is 2. The highest BCUT2D eigenvalue weighted by Crippen LogP contribution is 2.32. The van der Waals surface area contributed by atoms with Gasteiger partial charge in [-0.25, -0.2) is 9.78 Å². The Kier molecular flexibility index (Phi) is 4.42. The van der Waals surface area contributed by atoms with Crippen molar-refractivity contribution in [1.82, 2.24) is 0 Å². The first-order chi connectivity index (χ1) is 7.40. The van der Waals surface area contributed by atoms with Gasteiger partial charge in [0, 0.05) is 6.61 Å². The molecule has 0 aromatic heterocycles. The van der Waals surface area contributed by atoms with E-state index in [0.717, 1.165) is 26.1 Å². The lowest BCUT2D eigenvalue weighted by Crippen LogP contribution is -2.43. The van der Waals surface area contributed by atoms with E-state index in [9.17, 15) is 0 Å². The summed E-state index contributed by atoms with van der Waals surface area (Å²) in [6.07, 6.45) is 7.65. The summed E-state index contributed by atoms with van der Waals surface area (Å²) in [5.74, 6) is 0.708.